The number of rotatable bonds is 5. The number of anilines is 1. The summed E-state index contributed by atoms with van der Waals surface area (Å²) in [4.78, 5) is 10.3. The number of nitrogens with zero attached hydrogens (tertiary/aromatic N) is 1. The SMILES string of the molecule is N#CCCS(=O)(=O)c1ccc(NC=O)cc1. The van der Waals surface area contributed by atoms with Crippen LogP contribution < -0.4 is 5.32 Å². The van der Waals surface area contributed by atoms with Crippen LogP contribution in [-0.4, -0.2) is 20.6 Å². The Morgan fingerprint density at radius 3 is 2.44 bits per heavy atom. The van der Waals surface area contributed by atoms with Gasteiger partial charge in [0.1, 0.15) is 0 Å². The second-order valence-corrected chi connectivity index (χ2v) is 5.12. The fourth-order valence-corrected chi connectivity index (χ4v) is 2.27. The van der Waals surface area contributed by atoms with Gasteiger partial charge in [-0.25, -0.2) is 8.42 Å². The molecule has 1 N–H and O–H groups in total. The van der Waals surface area contributed by atoms with E-state index >= 15 is 0 Å². The van der Waals surface area contributed by atoms with Crippen molar-refractivity contribution in [1.29, 1.82) is 5.26 Å². The summed E-state index contributed by atoms with van der Waals surface area (Å²) in [6.45, 7) is 0. The van der Waals surface area contributed by atoms with Crippen LogP contribution in [0.15, 0.2) is 29.2 Å². The molecule has 1 aromatic rings. The van der Waals surface area contributed by atoms with Crippen LogP contribution in [-0.2, 0) is 14.6 Å². The van der Waals surface area contributed by atoms with E-state index in [0.717, 1.165) is 0 Å². The van der Waals surface area contributed by atoms with Crippen molar-refractivity contribution in [3.8, 4) is 6.07 Å². The van der Waals surface area contributed by atoms with E-state index in [1.807, 2.05) is 0 Å². The van der Waals surface area contributed by atoms with Crippen molar-refractivity contribution in [2.45, 2.75) is 11.3 Å². The van der Waals surface area contributed by atoms with Crippen LogP contribution in [0.3, 0.4) is 0 Å². The van der Waals surface area contributed by atoms with Crippen LogP contribution >= 0.6 is 0 Å². The molecular formula is C10H10N2O3S. The lowest BCUT2D eigenvalue weighted by Gasteiger charge is -2.03. The number of nitrogens with one attached hydrogen (secondary N) is 1. The van der Waals surface area contributed by atoms with Crippen LogP contribution in [0.5, 0.6) is 0 Å². The maximum atomic E-state index is 11.6. The maximum Gasteiger partial charge on any atom is 0.211 e. The van der Waals surface area contributed by atoms with E-state index < -0.39 is 9.84 Å². The number of carbonyl (C=O) groups excluding carboxylic acids is 1. The maximum absolute atomic E-state index is 11.6. The first-order valence-corrected chi connectivity index (χ1v) is 6.15. The van der Waals surface area contributed by atoms with Gasteiger partial charge in [0.25, 0.3) is 0 Å². The second kappa shape index (κ2) is 5.28. The molecule has 0 spiro atoms. The number of hydrogen-bond acceptors (Lipinski definition) is 4. The highest BCUT2D eigenvalue weighted by Crippen LogP contribution is 2.15. The molecule has 6 heteroatoms. The van der Waals surface area contributed by atoms with Crippen molar-refractivity contribution >= 4 is 21.9 Å². The van der Waals surface area contributed by atoms with Crippen molar-refractivity contribution in [2.75, 3.05) is 11.1 Å². The Morgan fingerprint density at radius 2 is 1.94 bits per heavy atom. The Labute approximate surface area is 93.6 Å². The van der Waals surface area contributed by atoms with Gasteiger partial charge in [-0.15, -0.1) is 0 Å². The summed E-state index contributed by atoms with van der Waals surface area (Å²) >= 11 is 0. The summed E-state index contributed by atoms with van der Waals surface area (Å²) in [6, 6.07) is 7.58. The highest BCUT2D eigenvalue weighted by atomic mass is 32.2. The van der Waals surface area contributed by atoms with Gasteiger partial charge in [-0.2, -0.15) is 5.26 Å². The number of hydrogen-bond donors (Lipinski definition) is 1. The van der Waals surface area contributed by atoms with E-state index in [-0.39, 0.29) is 17.1 Å². The van der Waals surface area contributed by atoms with E-state index in [0.29, 0.717) is 12.1 Å². The van der Waals surface area contributed by atoms with E-state index in [1.165, 1.54) is 24.3 Å². The molecule has 0 heterocycles. The zero-order chi connectivity index (χ0) is 12.0. The van der Waals surface area contributed by atoms with Crippen LogP contribution in [0.4, 0.5) is 5.69 Å². The molecule has 0 aliphatic rings. The molecule has 0 unspecified atom stereocenters. The quantitative estimate of drug-likeness (QED) is 0.773. The molecule has 16 heavy (non-hydrogen) atoms. The van der Waals surface area contributed by atoms with Crippen molar-refractivity contribution in [2.24, 2.45) is 0 Å². The first kappa shape index (κ1) is 12.2. The predicted molar refractivity (Wildman–Crippen MR) is 58.4 cm³/mol. The molecular weight excluding hydrogens is 228 g/mol. The monoisotopic (exact) mass is 238 g/mol. The van der Waals surface area contributed by atoms with Gasteiger partial charge in [-0.1, -0.05) is 0 Å². The van der Waals surface area contributed by atoms with Crippen molar-refractivity contribution in [3.05, 3.63) is 24.3 Å². The van der Waals surface area contributed by atoms with Crippen LogP contribution in [0, 0.1) is 11.3 Å². The minimum absolute atomic E-state index is 0.0311. The molecule has 0 bridgehead atoms. The number of carbonyl (C=O) groups is 1. The Hall–Kier alpha value is -1.87. The lowest BCUT2D eigenvalue weighted by molar-refractivity contribution is -0.105. The molecule has 0 radical (unpaired) electrons. The lowest BCUT2D eigenvalue weighted by atomic mass is 10.3. The van der Waals surface area contributed by atoms with Crippen molar-refractivity contribution < 1.29 is 13.2 Å². The summed E-state index contributed by atoms with van der Waals surface area (Å²) in [6.07, 6.45) is 0.482. The third-order valence-corrected chi connectivity index (χ3v) is 3.65. The summed E-state index contributed by atoms with van der Waals surface area (Å²) < 4.78 is 23.2. The van der Waals surface area contributed by atoms with Gasteiger partial charge in [0.2, 0.25) is 6.41 Å². The number of amides is 1. The standard InChI is InChI=1S/C10H10N2O3S/c11-6-1-7-16(14,15)10-4-2-9(3-5-10)12-8-13/h2-5,8H,1,7H2,(H,12,13). The smallest absolute Gasteiger partial charge is 0.211 e. The molecule has 0 fully saturated rings. The Morgan fingerprint density at radius 1 is 1.31 bits per heavy atom. The van der Waals surface area contributed by atoms with Gasteiger partial charge in [0, 0.05) is 12.1 Å². The zero-order valence-corrected chi connectivity index (χ0v) is 9.20. The Kier molecular flexibility index (Phi) is 4.03. The van der Waals surface area contributed by atoms with E-state index in [2.05, 4.69) is 5.32 Å². The topological polar surface area (TPSA) is 87.0 Å². The molecule has 0 saturated carbocycles. The van der Waals surface area contributed by atoms with Gasteiger partial charge < -0.3 is 5.32 Å². The summed E-state index contributed by atoms with van der Waals surface area (Å²) in [5.41, 5.74) is 0.522. The number of sulfone groups is 1. The normalized spacial score (nSPS) is 10.4. The molecule has 1 rings (SSSR count). The third kappa shape index (κ3) is 3.07. The number of benzene rings is 1. The summed E-state index contributed by atoms with van der Waals surface area (Å²) in [7, 11) is -3.39. The van der Waals surface area contributed by atoms with Crippen molar-refractivity contribution in [1.82, 2.24) is 0 Å². The van der Waals surface area contributed by atoms with Gasteiger partial charge in [0.05, 0.1) is 16.7 Å². The van der Waals surface area contributed by atoms with E-state index in [9.17, 15) is 13.2 Å². The third-order valence-electron chi connectivity index (χ3n) is 1.92. The fourth-order valence-electron chi connectivity index (χ4n) is 1.12. The first-order chi connectivity index (χ1) is 7.60. The molecule has 0 aliphatic heterocycles. The number of nitriles is 1. The Bertz CT molecular complexity index is 500. The van der Waals surface area contributed by atoms with E-state index in [4.69, 9.17) is 5.26 Å². The van der Waals surface area contributed by atoms with Gasteiger partial charge in [-0.05, 0) is 24.3 Å². The highest BCUT2D eigenvalue weighted by Gasteiger charge is 2.13. The molecule has 0 saturated heterocycles. The lowest BCUT2D eigenvalue weighted by Crippen LogP contribution is -2.06. The minimum Gasteiger partial charge on any atom is -0.329 e. The summed E-state index contributed by atoms with van der Waals surface area (Å²) in [5.74, 6) is -0.191. The van der Waals surface area contributed by atoms with Gasteiger partial charge >= 0.3 is 0 Å². The Balaban J connectivity index is 2.89. The molecule has 0 atom stereocenters. The first-order valence-electron chi connectivity index (χ1n) is 4.50. The minimum atomic E-state index is -3.39. The predicted octanol–water partition coefficient (Wildman–Crippen LogP) is 0.942. The molecule has 1 aromatic carbocycles. The van der Waals surface area contributed by atoms with Gasteiger partial charge in [0.15, 0.2) is 9.84 Å². The molecule has 5 nitrogen and oxygen atoms in total. The molecule has 1 amide bonds. The average molecular weight is 238 g/mol. The largest absolute Gasteiger partial charge is 0.329 e. The fraction of sp³-hybridized carbons (Fsp3) is 0.200. The van der Waals surface area contributed by atoms with Crippen LogP contribution in [0.25, 0.3) is 0 Å². The molecule has 84 valence electrons. The van der Waals surface area contributed by atoms with Crippen LogP contribution in [0.1, 0.15) is 6.42 Å². The van der Waals surface area contributed by atoms with Crippen molar-refractivity contribution in [3.63, 3.8) is 0 Å². The van der Waals surface area contributed by atoms with E-state index in [1.54, 1.807) is 6.07 Å². The van der Waals surface area contributed by atoms with Gasteiger partial charge in [-0.3, -0.25) is 4.79 Å². The highest BCUT2D eigenvalue weighted by molar-refractivity contribution is 7.91. The molecule has 0 aromatic heterocycles. The van der Waals surface area contributed by atoms with Crippen LogP contribution in [0.2, 0.25) is 0 Å². The zero-order valence-electron chi connectivity index (χ0n) is 8.38. The average Bonchev–Trinajstić information content (AvgIpc) is 2.28. The second-order valence-electron chi connectivity index (χ2n) is 3.01. The summed E-state index contributed by atoms with van der Waals surface area (Å²) in [5, 5.41) is 10.7. The molecule has 0 aliphatic carbocycles.